The van der Waals surface area contributed by atoms with Crippen molar-refractivity contribution in [2.24, 2.45) is 0 Å². The number of hydrogen-bond acceptors (Lipinski definition) is 3. The highest BCUT2D eigenvalue weighted by Gasteiger charge is 2.12. The summed E-state index contributed by atoms with van der Waals surface area (Å²) in [5, 5.41) is 1.32. The molecule has 4 nitrogen and oxygen atoms in total. The van der Waals surface area contributed by atoms with Gasteiger partial charge in [0.15, 0.2) is 0 Å². The molecule has 23 heavy (non-hydrogen) atoms. The highest BCUT2D eigenvalue weighted by atomic mass is 15.1. The first-order valence-corrected chi connectivity index (χ1v) is 8.20. The number of fused-ring (bicyclic) bond motifs is 1. The standard InChI is InChI=1S/C19H24N4/c1-4-23-10-7-17-12-16(5-6-19(17)23)14-22(3)15(2)11-18-13-20-8-9-21-18/h5-10,12-13,15H,4,11,14H2,1-3H3. The minimum absolute atomic E-state index is 0.419. The average molecular weight is 308 g/mol. The van der Waals surface area contributed by atoms with Crippen molar-refractivity contribution in [3.8, 4) is 0 Å². The van der Waals surface area contributed by atoms with Gasteiger partial charge in [0.1, 0.15) is 0 Å². The van der Waals surface area contributed by atoms with Gasteiger partial charge in [-0.2, -0.15) is 0 Å². The van der Waals surface area contributed by atoms with Crippen LogP contribution in [0.1, 0.15) is 25.1 Å². The van der Waals surface area contributed by atoms with Crippen LogP contribution in [0.4, 0.5) is 0 Å². The summed E-state index contributed by atoms with van der Waals surface area (Å²) in [5.74, 6) is 0. The second-order valence-electron chi connectivity index (χ2n) is 6.16. The molecule has 0 saturated carbocycles. The fourth-order valence-electron chi connectivity index (χ4n) is 2.96. The van der Waals surface area contributed by atoms with E-state index in [-0.39, 0.29) is 0 Å². The number of benzene rings is 1. The summed E-state index contributed by atoms with van der Waals surface area (Å²) in [7, 11) is 2.17. The molecule has 3 rings (SSSR count). The molecule has 2 heterocycles. The van der Waals surface area contributed by atoms with Gasteiger partial charge in [-0.25, -0.2) is 0 Å². The predicted octanol–water partition coefficient (Wildman–Crippen LogP) is 3.51. The van der Waals surface area contributed by atoms with E-state index in [2.05, 4.69) is 70.8 Å². The van der Waals surface area contributed by atoms with Crippen molar-refractivity contribution in [1.29, 1.82) is 0 Å². The molecule has 3 aromatic rings. The minimum atomic E-state index is 0.419. The lowest BCUT2D eigenvalue weighted by molar-refractivity contribution is 0.247. The SMILES string of the molecule is CCn1ccc2cc(CN(C)C(C)Cc3cnccn3)ccc21. The molecule has 1 unspecified atom stereocenters. The fraction of sp³-hybridized carbons (Fsp3) is 0.368. The second kappa shape index (κ2) is 6.92. The number of aryl methyl sites for hydroxylation is 1. The van der Waals surface area contributed by atoms with Crippen molar-refractivity contribution in [3.05, 3.63) is 60.3 Å². The zero-order valence-corrected chi connectivity index (χ0v) is 14.1. The number of nitrogens with zero attached hydrogens (tertiary/aromatic N) is 4. The molecule has 4 heteroatoms. The molecule has 0 aliphatic rings. The van der Waals surface area contributed by atoms with Crippen LogP contribution in [0.3, 0.4) is 0 Å². The van der Waals surface area contributed by atoms with E-state index in [4.69, 9.17) is 0 Å². The first kappa shape index (κ1) is 15.7. The van der Waals surface area contributed by atoms with Gasteiger partial charge in [-0.15, -0.1) is 0 Å². The van der Waals surface area contributed by atoms with Gasteiger partial charge in [0, 0.05) is 55.9 Å². The van der Waals surface area contributed by atoms with Crippen molar-refractivity contribution < 1.29 is 0 Å². The topological polar surface area (TPSA) is 34.0 Å². The zero-order valence-electron chi connectivity index (χ0n) is 14.1. The Bertz CT molecular complexity index is 763. The maximum Gasteiger partial charge on any atom is 0.0602 e. The Labute approximate surface area is 137 Å². The lowest BCUT2D eigenvalue weighted by atomic mass is 10.1. The fourth-order valence-corrected chi connectivity index (χ4v) is 2.96. The van der Waals surface area contributed by atoms with Gasteiger partial charge in [-0.3, -0.25) is 14.9 Å². The van der Waals surface area contributed by atoms with Crippen LogP contribution in [0, 0.1) is 0 Å². The van der Waals surface area contributed by atoms with Crippen LogP contribution in [0.2, 0.25) is 0 Å². The van der Waals surface area contributed by atoms with E-state index in [1.165, 1.54) is 16.5 Å². The number of hydrogen-bond donors (Lipinski definition) is 0. The van der Waals surface area contributed by atoms with Crippen LogP contribution in [0.15, 0.2) is 49.1 Å². The minimum Gasteiger partial charge on any atom is -0.348 e. The Morgan fingerprint density at radius 2 is 2.09 bits per heavy atom. The monoisotopic (exact) mass is 308 g/mol. The summed E-state index contributed by atoms with van der Waals surface area (Å²) in [6.07, 6.45) is 8.40. The van der Waals surface area contributed by atoms with Gasteiger partial charge < -0.3 is 4.57 Å². The second-order valence-corrected chi connectivity index (χ2v) is 6.16. The van der Waals surface area contributed by atoms with Crippen molar-refractivity contribution in [2.45, 2.75) is 39.4 Å². The lowest BCUT2D eigenvalue weighted by Gasteiger charge is -2.24. The van der Waals surface area contributed by atoms with Crippen LogP contribution >= 0.6 is 0 Å². The predicted molar refractivity (Wildman–Crippen MR) is 94.3 cm³/mol. The maximum atomic E-state index is 4.37. The summed E-state index contributed by atoms with van der Waals surface area (Å²) in [6, 6.07) is 9.39. The van der Waals surface area contributed by atoms with Crippen LogP contribution in [0.5, 0.6) is 0 Å². The Morgan fingerprint density at radius 1 is 1.22 bits per heavy atom. The number of rotatable bonds is 6. The van der Waals surface area contributed by atoms with E-state index in [1.807, 2.05) is 6.20 Å². The van der Waals surface area contributed by atoms with E-state index >= 15 is 0 Å². The smallest absolute Gasteiger partial charge is 0.0602 e. The molecule has 0 saturated heterocycles. The summed E-state index contributed by atoms with van der Waals surface area (Å²) in [6.45, 7) is 6.36. The van der Waals surface area contributed by atoms with Crippen LogP contribution in [-0.4, -0.2) is 32.5 Å². The van der Waals surface area contributed by atoms with Gasteiger partial charge in [0.05, 0.1) is 5.69 Å². The third-order valence-electron chi connectivity index (χ3n) is 4.48. The third-order valence-corrected chi connectivity index (χ3v) is 4.48. The maximum absolute atomic E-state index is 4.37. The molecule has 0 spiro atoms. The van der Waals surface area contributed by atoms with E-state index in [0.29, 0.717) is 6.04 Å². The number of aromatic nitrogens is 3. The average Bonchev–Trinajstić information content (AvgIpc) is 2.98. The highest BCUT2D eigenvalue weighted by molar-refractivity contribution is 5.80. The van der Waals surface area contributed by atoms with Crippen LogP contribution < -0.4 is 0 Å². The molecule has 0 fully saturated rings. The molecule has 2 aromatic heterocycles. The molecule has 0 amide bonds. The normalized spacial score (nSPS) is 12.9. The molecule has 0 bridgehead atoms. The first-order chi connectivity index (χ1) is 11.2. The quantitative estimate of drug-likeness (QED) is 0.699. The van der Waals surface area contributed by atoms with E-state index in [9.17, 15) is 0 Å². The van der Waals surface area contributed by atoms with E-state index in [0.717, 1.165) is 25.2 Å². The van der Waals surface area contributed by atoms with Crippen molar-refractivity contribution in [1.82, 2.24) is 19.4 Å². The molecule has 0 aliphatic carbocycles. The molecule has 1 aromatic carbocycles. The first-order valence-electron chi connectivity index (χ1n) is 8.20. The molecule has 1 atom stereocenters. The van der Waals surface area contributed by atoms with Gasteiger partial charge >= 0.3 is 0 Å². The van der Waals surface area contributed by atoms with Gasteiger partial charge in [0.2, 0.25) is 0 Å². The van der Waals surface area contributed by atoms with Crippen molar-refractivity contribution >= 4 is 10.9 Å². The molecule has 120 valence electrons. The van der Waals surface area contributed by atoms with Crippen molar-refractivity contribution in [3.63, 3.8) is 0 Å². The molecular weight excluding hydrogens is 284 g/mol. The molecule has 0 aliphatic heterocycles. The largest absolute Gasteiger partial charge is 0.348 e. The molecule has 0 radical (unpaired) electrons. The molecular formula is C19H24N4. The summed E-state index contributed by atoms with van der Waals surface area (Å²) < 4.78 is 2.28. The summed E-state index contributed by atoms with van der Waals surface area (Å²) >= 11 is 0. The Balaban J connectivity index is 1.68. The Hall–Kier alpha value is -2.20. The van der Waals surface area contributed by atoms with Crippen LogP contribution in [0.25, 0.3) is 10.9 Å². The lowest BCUT2D eigenvalue weighted by Crippen LogP contribution is -2.30. The van der Waals surface area contributed by atoms with Crippen LogP contribution in [-0.2, 0) is 19.5 Å². The zero-order chi connectivity index (χ0) is 16.2. The van der Waals surface area contributed by atoms with Gasteiger partial charge in [0.25, 0.3) is 0 Å². The van der Waals surface area contributed by atoms with Gasteiger partial charge in [-0.05, 0) is 50.0 Å². The Kier molecular flexibility index (Phi) is 4.72. The van der Waals surface area contributed by atoms with E-state index < -0.39 is 0 Å². The Morgan fingerprint density at radius 3 is 2.83 bits per heavy atom. The van der Waals surface area contributed by atoms with Crippen molar-refractivity contribution in [2.75, 3.05) is 7.05 Å². The summed E-state index contributed by atoms with van der Waals surface area (Å²) in [5.41, 5.74) is 3.70. The van der Waals surface area contributed by atoms with Gasteiger partial charge in [-0.1, -0.05) is 6.07 Å². The summed E-state index contributed by atoms with van der Waals surface area (Å²) in [4.78, 5) is 10.9. The highest BCUT2D eigenvalue weighted by Crippen LogP contribution is 2.19. The van der Waals surface area contributed by atoms with E-state index in [1.54, 1.807) is 12.4 Å². The third kappa shape index (κ3) is 3.59. The number of likely N-dealkylation sites (N-methyl/N-ethyl adjacent to an activating group) is 1. The molecule has 0 N–H and O–H groups in total.